The average Bonchev–Trinajstić information content (AvgIpc) is 2.94. The van der Waals surface area contributed by atoms with Crippen molar-refractivity contribution in [2.75, 3.05) is 13.6 Å². The van der Waals surface area contributed by atoms with Crippen LogP contribution in [0.4, 0.5) is 0 Å². The summed E-state index contributed by atoms with van der Waals surface area (Å²) in [6.45, 7) is 4.38. The molecule has 0 radical (unpaired) electrons. The third-order valence-electron chi connectivity index (χ3n) is 5.06. The van der Waals surface area contributed by atoms with Gasteiger partial charge in [0.15, 0.2) is 0 Å². The van der Waals surface area contributed by atoms with E-state index in [4.69, 9.17) is 5.26 Å². The lowest BCUT2D eigenvalue weighted by Gasteiger charge is -2.24. The van der Waals surface area contributed by atoms with Crippen LogP contribution in [0, 0.1) is 18.3 Å². The molecule has 0 bridgehead atoms. The lowest BCUT2D eigenvalue weighted by Crippen LogP contribution is -2.27. The van der Waals surface area contributed by atoms with Crippen LogP contribution in [0.25, 0.3) is 11.0 Å². The number of fused-ring (bicyclic) bond motifs is 3. The summed E-state index contributed by atoms with van der Waals surface area (Å²) in [7, 11) is 2.13. The van der Waals surface area contributed by atoms with Crippen LogP contribution in [0.5, 0.6) is 0 Å². The highest BCUT2D eigenvalue weighted by Gasteiger charge is 2.24. The first-order chi connectivity index (χ1) is 12.6. The van der Waals surface area contributed by atoms with Gasteiger partial charge in [0.05, 0.1) is 12.6 Å². The van der Waals surface area contributed by atoms with E-state index >= 15 is 0 Å². The van der Waals surface area contributed by atoms with E-state index in [1.165, 1.54) is 16.6 Å². The van der Waals surface area contributed by atoms with Gasteiger partial charge in [-0.3, -0.25) is 0 Å². The fraction of sp³-hybridized carbons (Fsp3) is 0.350. The predicted molar refractivity (Wildman–Crippen MR) is 98.4 cm³/mol. The highest BCUT2D eigenvalue weighted by Crippen LogP contribution is 2.31. The van der Waals surface area contributed by atoms with Gasteiger partial charge < -0.3 is 14.6 Å². The van der Waals surface area contributed by atoms with E-state index in [9.17, 15) is 5.11 Å². The number of hydrogen-bond donors (Lipinski definition) is 1. The van der Waals surface area contributed by atoms with Crippen LogP contribution in [0.3, 0.4) is 0 Å². The minimum Gasteiger partial charge on any atom is -0.386 e. The van der Waals surface area contributed by atoms with Crippen LogP contribution in [-0.4, -0.2) is 38.1 Å². The summed E-state index contributed by atoms with van der Waals surface area (Å²) >= 11 is 0. The summed E-state index contributed by atoms with van der Waals surface area (Å²) in [5.74, 6) is 0. The number of rotatable bonds is 3. The van der Waals surface area contributed by atoms with Crippen molar-refractivity contribution < 1.29 is 5.11 Å². The molecule has 4 heterocycles. The zero-order valence-electron chi connectivity index (χ0n) is 15.0. The Morgan fingerprint density at radius 1 is 1.31 bits per heavy atom. The Morgan fingerprint density at radius 3 is 2.88 bits per heavy atom. The number of aliphatic hydroxyl groups is 1. The minimum atomic E-state index is -0.697. The second kappa shape index (κ2) is 6.52. The maximum absolute atomic E-state index is 10.7. The van der Waals surface area contributed by atoms with Crippen molar-refractivity contribution in [2.24, 2.45) is 0 Å². The smallest absolute Gasteiger partial charge is 0.140 e. The van der Waals surface area contributed by atoms with Gasteiger partial charge in [-0.25, -0.2) is 9.97 Å². The van der Waals surface area contributed by atoms with Gasteiger partial charge >= 0.3 is 0 Å². The zero-order valence-corrected chi connectivity index (χ0v) is 15.0. The molecular formula is C20H21N5O. The third kappa shape index (κ3) is 2.85. The van der Waals surface area contributed by atoms with E-state index in [0.29, 0.717) is 17.8 Å². The molecule has 3 aromatic rings. The molecule has 0 saturated heterocycles. The summed E-state index contributed by atoms with van der Waals surface area (Å²) in [6.07, 6.45) is 3.70. The molecule has 0 saturated carbocycles. The third-order valence-corrected chi connectivity index (χ3v) is 5.06. The molecule has 1 aliphatic rings. The second-order valence-corrected chi connectivity index (χ2v) is 7.01. The van der Waals surface area contributed by atoms with Crippen LogP contribution in [0.2, 0.25) is 0 Å². The Morgan fingerprint density at radius 2 is 2.15 bits per heavy atom. The van der Waals surface area contributed by atoms with Crippen molar-refractivity contribution in [1.29, 1.82) is 5.26 Å². The summed E-state index contributed by atoms with van der Waals surface area (Å²) in [5.41, 5.74) is 5.70. The van der Waals surface area contributed by atoms with Gasteiger partial charge in [-0.05, 0) is 37.2 Å². The molecule has 26 heavy (non-hydrogen) atoms. The number of nitriles is 1. The van der Waals surface area contributed by atoms with E-state index in [2.05, 4.69) is 39.5 Å². The first-order valence-electron chi connectivity index (χ1n) is 8.76. The molecule has 0 fully saturated rings. The highest BCUT2D eigenvalue weighted by molar-refractivity contribution is 5.83. The highest BCUT2D eigenvalue weighted by atomic mass is 16.3. The van der Waals surface area contributed by atoms with Crippen LogP contribution in [0.1, 0.15) is 34.2 Å². The molecule has 1 aliphatic heterocycles. The summed E-state index contributed by atoms with van der Waals surface area (Å²) in [4.78, 5) is 11.0. The van der Waals surface area contributed by atoms with Crippen molar-refractivity contribution in [2.45, 2.75) is 32.5 Å². The van der Waals surface area contributed by atoms with Crippen molar-refractivity contribution in [3.63, 3.8) is 0 Å². The molecule has 4 rings (SSSR count). The number of nitrogens with zero attached hydrogens (tertiary/aromatic N) is 5. The predicted octanol–water partition coefficient (Wildman–Crippen LogP) is 2.33. The lowest BCUT2D eigenvalue weighted by molar-refractivity contribution is 0.155. The maximum atomic E-state index is 10.7. The molecule has 0 aliphatic carbocycles. The number of pyridine rings is 2. The molecule has 0 aromatic carbocycles. The van der Waals surface area contributed by atoms with Crippen molar-refractivity contribution >= 4 is 11.0 Å². The average molecular weight is 347 g/mol. The van der Waals surface area contributed by atoms with Gasteiger partial charge in [-0.15, -0.1) is 0 Å². The Bertz CT molecular complexity index is 1000. The Labute approximate surface area is 152 Å². The van der Waals surface area contributed by atoms with Gasteiger partial charge in [-0.2, -0.15) is 5.26 Å². The molecule has 1 N–H and O–H groups in total. The fourth-order valence-corrected chi connectivity index (χ4v) is 3.70. The van der Waals surface area contributed by atoms with Gasteiger partial charge in [-0.1, -0.05) is 6.07 Å². The number of likely N-dealkylation sites (N-methyl/N-ethyl adjacent to an activating group) is 1. The van der Waals surface area contributed by atoms with Crippen LogP contribution < -0.4 is 0 Å². The first-order valence-corrected chi connectivity index (χ1v) is 8.76. The lowest BCUT2D eigenvalue weighted by atomic mass is 10.0. The van der Waals surface area contributed by atoms with Crippen molar-refractivity contribution in [1.82, 2.24) is 19.4 Å². The van der Waals surface area contributed by atoms with Crippen LogP contribution in [0.15, 0.2) is 30.6 Å². The summed E-state index contributed by atoms with van der Waals surface area (Å²) < 4.78 is 2.15. The molecule has 0 amide bonds. The Hall–Kier alpha value is -2.75. The largest absolute Gasteiger partial charge is 0.386 e. The van der Waals surface area contributed by atoms with Crippen LogP contribution >= 0.6 is 0 Å². The van der Waals surface area contributed by atoms with E-state index in [1.54, 1.807) is 18.3 Å². The van der Waals surface area contributed by atoms with Crippen molar-refractivity contribution in [3.05, 3.63) is 58.7 Å². The van der Waals surface area contributed by atoms with E-state index in [0.717, 1.165) is 30.7 Å². The molecule has 1 unspecified atom stereocenters. The molecule has 132 valence electrons. The van der Waals surface area contributed by atoms with Crippen molar-refractivity contribution in [3.8, 4) is 6.07 Å². The topological polar surface area (TPSA) is 78.0 Å². The first kappa shape index (κ1) is 16.7. The minimum absolute atomic E-state index is 0.352. The molecule has 6 nitrogen and oxygen atoms in total. The monoisotopic (exact) mass is 347 g/mol. The molecule has 0 spiro atoms. The molecular weight excluding hydrogens is 326 g/mol. The second-order valence-electron chi connectivity index (χ2n) is 7.01. The normalized spacial score (nSPS) is 15.6. The quantitative estimate of drug-likeness (QED) is 0.787. The van der Waals surface area contributed by atoms with E-state index < -0.39 is 6.10 Å². The molecule has 3 aromatic heterocycles. The summed E-state index contributed by atoms with van der Waals surface area (Å²) in [5, 5.41) is 20.8. The Kier molecular flexibility index (Phi) is 4.19. The number of aryl methyl sites for hydroxylation is 1. The standard InChI is InChI=1S/C20H21N5O/c1-13-7-16-17-11-24(2)6-5-18(17)25(20(16)23-9-13)12-19(26)14-3-4-15(8-21)22-10-14/h3-4,7,9-10,19,26H,5-6,11-12H2,1-2H3. The maximum Gasteiger partial charge on any atom is 0.140 e. The molecule has 1 atom stereocenters. The number of aromatic nitrogens is 3. The SMILES string of the molecule is Cc1cnc2c(c1)c1c(n2CC(O)c2ccc(C#N)nc2)CCN(C)C1. The van der Waals surface area contributed by atoms with E-state index in [1.807, 2.05) is 12.3 Å². The van der Waals surface area contributed by atoms with Gasteiger partial charge in [0.25, 0.3) is 0 Å². The summed E-state index contributed by atoms with van der Waals surface area (Å²) in [6, 6.07) is 7.59. The van der Waals surface area contributed by atoms with Gasteiger partial charge in [0.1, 0.15) is 17.4 Å². The van der Waals surface area contributed by atoms with Gasteiger partial charge in [0.2, 0.25) is 0 Å². The molecule has 6 heteroatoms. The fourth-order valence-electron chi connectivity index (χ4n) is 3.70. The van der Waals surface area contributed by atoms with E-state index in [-0.39, 0.29) is 0 Å². The zero-order chi connectivity index (χ0) is 18.3. The van der Waals surface area contributed by atoms with Crippen LogP contribution in [-0.2, 0) is 19.5 Å². The number of aliphatic hydroxyl groups excluding tert-OH is 1. The number of hydrogen-bond acceptors (Lipinski definition) is 5. The van der Waals surface area contributed by atoms with Gasteiger partial charge in [0, 0.05) is 48.5 Å². The Balaban J connectivity index is 1.75.